The number of alkyl halides is 2. The van der Waals surface area contributed by atoms with Crippen molar-refractivity contribution in [2.75, 3.05) is 0 Å². The third-order valence-corrected chi connectivity index (χ3v) is 2.65. The molecule has 1 heterocycles. The van der Waals surface area contributed by atoms with Gasteiger partial charge in [-0.15, -0.1) is 0 Å². The molecule has 0 atom stereocenters. The molecule has 0 aromatic carbocycles. The van der Waals surface area contributed by atoms with Crippen LogP contribution in [0.2, 0.25) is 5.02 Å². The number of nitrogens with zero attached hydrogens (tertiary/aromatic N) is 1. The molecule has 1 aromatic heterocycles. The van der Waals surface area contributed by atoms with Crippen molar-refractivity contribution >= 4 is 27.5 Å². The van der Waals surface area contributed by atoms with Crippen LogP contribution in [0.3, 0.4) is 0 Å². The third kappa shape index (κ3) is 1.93. The maximum absolute atomic E-state index is 12.1. The first-order valence-corrected chi connectivity index (χ1v) is 4.30. The zero-order valence-electron chi connectivity index (χ0n) is 6.11. The van der Waals surface area contributed by atoms with Crippen LogP contribution in [0.4, 0.5) is 8.78 Å². The summed E-state index contributed by atoms with van der Waals surface area (Å²) in [4.78, 5) is 3.62. The van der Waals surface area contributed by atoms with Crippen molar-refractivity contribution in [1.29, 1.82) is 0 Å². The fourth-order valence-electron chi connectivity index (χ4n) is 0.753. The largest absolute Gasteiger partial charge is 0.280 e. The van der Waals surface area contributed by atoms with Gasteiger partial charge in [0.25, 0.3) is 6.43 Å². The van der Waals surface area contributed by atoms with Crippen LogP contribution in [-0.2, 0) is 0 Å². The molecule has 0 amide bonds. The summed E-state index contributed by atoms with van der Waals surface area (Å²) in [5.41, 5.74) is 0.144. The van der Waals surface area contributed by atoms with Gasteiger partial charge in [-0.1, -0.05) is 11.6 Å². The Labute approximate surface area is 81.9 Å². The predicted octanol–water partition coefficient (Wildman–Crippen LogP) is 3.74. The molecule has 5 heteroatoms. The number of pyridine rings is 1. The number of halogens is 4. The molecule has 1 nitrogen and oxygen atoms in total. The lowest BCUT2D eigenvalue weighted by atomic mass is 10.3. The second-order valence-corrected chi connectivity index (χ2v) is 3.46. The average molecular weight is 256 g/mol. The van der Waals surface area contributed by atoms with E-state index in [0.717, 1.165) is 0 Å². The summed E-state index contributed by atoms with van der Waals surface area (Å²) in [7, 11) is 0. The van der Waals surface area contributed by atoms with Crippen molar-refractivity contribution in [3.05, 3.63) is 26.9 Å². The highest BCUT2D eigenvalue weighted by atomic mass is 79.9. The van der Waals surface area contributed by atoms with Gasteiger partial charge < -0.3 is 0 Å². The first-order valence-electron chi connectivity index (χ1n) is 3.13. The fraction of sp³-hybridized carbons (Fsp3) is 0.286. The highest BCUT2D eigenvalue weighted by molar-refractivity contribution is 9.10. The minimum absolute atomic E-state index is 0.260. The molecular formula is C7H5BrClF2N. The molecule has 0 aliphatic rings. The van der Waals surface area contributed by atoms with E-state index in [4.69, 9.17) is 11.6 Å². The molecule has 0 bridgehead atoms. The Morgan fingerprint density at radius 1 is 1.58 bits per heavy atom. The van der Waals surface area contributed by atoms with E-state index in [-0.39, 0.29) is 5.69 Å². The second kappa shape index (κ2) is 3.66. The number of hydrogen-bond donors (Lipinski definition) is 0. The maximum Gasteiger partial charge on any atom is 0.280 e. The lowest BCUT2D eigenvalue weighted by molar-refractivity contribution is 0.146. The maximum atomic E-state index is 12.1. The monoisotopic (exact) mass is 255 g/mol. The second-order valence-electron chi connectivity index (χ2n) is 2.23. The molecule has 0 fully saturated rings. The summed E-state index contributed by atoms with van der Waals surface area (Å²) in [6, 6.07) is 1.22. The van der Waals surface area contributed by atoms with E-state index < -0.39 is 6.43 Å². The summed E-state index contributed by atoms with van der Waals surface area (Å²) in [6.45, 7) is 1.58. The van der Waals surface area contributed by atoms with E-state index in [9.17, 15) is 8.78 Å². The van der Waals surface area contributed by atoms with Crippen LogP contribution < -0.4 is 0 Å². The molecule has 1 rings (SSSR count). The molecule has 0 saturated heterocycles. The van der Waals surface area contributed by atoms with Crippen LogP contribution in [0, 0.1) is 6.92 Å². The Hall–Kier alpha value is -0.220. The van der Waals surface area contributed by atoms with E-state index in [0.29, 0.717) is 15.2 Å². The van der Waals surface area contributed by atoms with Crippen LogP contribution in [0.1, 0.15) is 17.8 Å². The van der Waals surface area contributed by atoms with Gasteiger partial charge in [0.1, 0.15) is 5.69 Å². The number of hydrogen-bond acceptors (Lipinski definition) is 1. The topological polar surface area (TPSA) is 12.9 Å². The quantitative estimate of drug-likeness (QED) is 0.746. The van der Waals surface area contributed by atoms with Crippen LogP contribution in [0.15, 0.2) is 10.5 Å². The van der Waals surface area contributed by atoms with Gasteiger partial charge >= 0.3 is 0 Å². The van der Waals surface area contributed by atoms with Crippen molar-refractivity contribution in [2.45, 2.75) is 13.3 Å². The van der Waals surface area contributed by atoms with Crippen LogP contribution in [0.25, 0.3) is 0 Å². The average Bonchev–Trinajstić information content (AvgIpc) is 1.99. The molecule has 0 saturated carbocycles. The van der Waals surface area contributed by atoms with Gasteiger partial charge in [-0.2, -0.15) is 0 Å². The van der Waals surface area contributed by atoms with Gasteiger partial charge in [-0.3, -0.25) is 4.98 Å². The summed E-state index contributed by atoms with van der Waals surface area (Å²) < 4.78 is 24.7. The first kappa shape index (κ1) is 9.86. The molecule has 0 radical (unpaired) electrons. The molecule has 0 spiro atoms. The Morgan fingerprint density at radius 2 is 2.17 bits per heavy atom. The van der Waals surface area contributed by atoms with Crippen molar-refractivity contribution in [3.63, 3.8) is 0 Å². The summed E-state index contributed by atoms with van der Waals surface area (Å²) >= 11 is 8.76. The lowest BCUT2D eigenvalue weighted by Gasteiger charge is -2.03. The van der Waals surface area contributed by atoms with Crippen LogP contribution in [0.5, 0.6) is 0 Å². The molecule has 0 N–H and O–H groups in total. The highest BCUT2D eigenvalue weighted by Gasteiger charge is 2.12. The molecule has 0 aliphatic heterocycles. The predicted molar refractivity (Wildman–Crippen MR) is 46.6 cm³/mol. The van der Waals surface area contributed by atoms with E-state index in [1.807, 2.05) is 0 Å². The Kier molecular flexibility index (Phi) is 3.01. The summed E-state index contributed by atoms with van der Waals surface area (Å²) in [6.07, 6.45) is -2.56. The van der Waals surface area contributed by atoms with Gasteiger partial charge in [-0.25, -0.2) is 8.78 Å². The first-order chi connectivity index (χ1) is 5.52. The molecule has 66 valence electrons. The zero-order valence-corrected chi connectivity index (χ0v) is 8.46. The Bertz CT molecular complexity index is 280. The van der Waals surface area contributed by atoms with Gasteiger partial charge in [0.2, 0.25) is 0 Å². The van der Waals surface area contributed by atoms with E-state index in [2.05, 4.69) is 20.9 Å². The van der Waals surface area contributed by atoms with Gasteiger partial charge in [0.15, 0.2) is 0 Å². The lowest BCUT2D eigenvalue weighted by Crippen LogP contribution is -1.93. The number of rotatable bonds is 1. The molecule has 0 aliphatic carbocycles. The number of aromatic nitrogens is 1. The highest BCUT2D eigenvalue weighted by Crippen LogP contribution is 2.28. The van der Waals surface area contributed by atoms with Crippen molar-refractivity contribution in [2.24, 2.45) is 0 Å². The van der Waals surface area contributed by atoms with Gasteiger partial charge in [-0.05, 0) is 28.9 Å². The van der Waals surface area contributed by atoms with Crippen molar-refractivity contribution in [1.82, 2.24) is 4.98 Å². The Morgan fingerprint density at radius 3 is 2.58 bits per heavy atom. The standard InChI is InChI=1S/C7H5BrClF2N/c1-3-6(9)4(8)2-5(12-3)7(10)11/h2,7H,1H3. The molecular weight excluding hydrogens is 251 g/mol. The molecule has 0 unspecified atom stereocenters. The van der Waals surface area contributed by atoms with Crippen molar-refractivity contribution < 1.29 is 8.78 Å². The minimum atomic E-state index is -2.56. The van der Waals surface area contributed by atoms with E-state index >= 15 is 0 Å². The molecule has 12 heavy (non-hydrogen) atoms. The number of aryl methyl sites for hydroxylation is 1. The zero-order chi connectivity index (χ0) is 9.30. The summed E-state index contributed by atoms with van der Waals surface area (Å²) in [5, 5.41) is 0.374. The Balaban J connectivity index is 3.21. The van der Waals surface area contributed by atoms with Crippen LogP contribution >= 0.6 is 27.5 Å². The smallest absolute Gasteiger partial charge is 0.251 e. The summed E-state index contributed by atoms with van der Waals surface area (Å²) in [5.74, 6) is 0. The SMILES string of the molecule is Cc1nc(C(F)F)cc(Br)c1Cl. The minimum Gasteiger partial charge on any atom is -0.251 e. The van der Waals surface area contributed by atoms with Gasteiger partial charge in [0, 0.05) is 4.47 Å². The van der Waals surface area contributed by atoms with Crippen molar-refractivity contribution in [3.8, 4) is 0 Å². The van der Waals surface area contributed by atoms with Gasteiger partial charge in [0.05, 0.1) is 10.7 Å². The van der Waals surface area contributed by atoms with E-state index in [1.54, 1.807) is 6.92 Å². The fourth-order valence-corrected chi connectivity index (χ4v) is 1.37. The third-order valence-electron chi connectivity index (χ3n) is 1.32. The molecule has 1 aromatic rings. The van der Waals surface area contributed by atoms with E-state index in [1.165, 1.54) is 6.07 Å². The normalized spacial score (nSPS) is 10.8. The van der Waals surface area contributed by atoms with Crippen LogP contribution in [-0.4, -0.2) is 4.98 Å².